The monoisotopic (exact) mass is 342 g/mol. The van der Waals surface area contributed by atoms with E-state index in [0.29, 0.717) is 19.5 Å². The van der Waals surface area contributed by atoms with Gasteiger partial charge in [-0.15, -0.1) is 11.3 Å². The van der Waals surface area contributed by atoms with Gasteiger partial charge in [-0.3, -0.25) is 9.59 Å². The number of carbonyl (C=O) groups is 2. The lowest BCUT2D eigenvalue weighted by atomic mass is 10.1. The number of hydrogen-bond acceptors (Lipinski definition) is 3. The molecule has 5 heteroatoms. The summed E-state index contributed by atoms with van der Waals surface area (Å²) in [5.41, 5.74) is 2.25. The van der Waals surface area contributed by atoms with Gasteiger partial charge in [-0.2, -0.15) is 0 Å². The van der Waals surface area contributed by atoms with Gasteiger partial charge >= 0.3 is 0 Å². The third-order valence-electron chi connectivity index (χ3n) is 4.34. The van der Waals surface area contributed by atoms with Crippen LogP contribution in [0.5, 0.6) is 0 Å². The molecular weight excluding hydrogens is 320 g/mol. The summed E-state index contributed by atoms with van der Waals surface area (Å²) in [6.45, 7) is 3.88. The van der Waals surface area contributed by atoms with Crippen molar-refractivity contribution in [3.63, 3.8) is 0 Å². The van der Waals surface area contributed by atoms with Crippen molar-refractivity contribution in [2.75, 3.05) is 13.6 Å². The molecule has 2 heterocycles. The normalized spacial score (nSPS) is 13.5. The number of rotatable bonds is 4. The summed E-state index contributed by atoms with van der Waals surface area (Å²) in [5, 5.41) is 0. The van der Waals surface area contributed by atoms with Gasteiger partial charge in [0.1, 0.15) is 0 Å². The first kappa shape index (κ1) is 16.7. The standard InChI is InChI=1S/C19H22N2O2S/c1-3-18(22)21-10-9-16-15(13-21)11-17(24-16)19(23)20(2)12-14-7-5-4-6-8-14/h4-8,11H,3,9-10,12-13H2,1-2H3. The van der Waals surface area contributed by atoms with Gasteiger partial charge < -0.3 is 9.80 Å². The van der Waals surface area contributed by atoms with Crippen molar-refractivity contribution in [1.29, 1.82) is 0 Å². The highest BCUT2D eigenvalue weighted by molar-refractivity contribution is 7.14. The molecule has 0 bridgehead atoms. The van der Waals surface area contributed by atoms with E-state index in [1.54, 1.807) is 16.2 Å². The highest BCUT2D eigenvalue weighted by Gasteiger charge is 2.24. The van der Waals surface area contributed by atoms with Crippen LogP contribution in [0.25, 0.3) is 0 Å². The van der Waals surface area contributed by atoms with Crippen LogP contribution in [0.3, 0.4) is 0 Å². The number of hydrogen-bond donors (Lipinski definition) is 0. The first-order valence-electron chi connectivity index (χ1n) is 8.27. The lowest BCUT2D eigenvalue weighted by molar-refractivity contribution is -0.131. The van der Waals surface area contributed by atoms with Crippen molar-refractivity contribution in [3.8, 4) is 0 Å². The van der Waals surface area contributed by atoms with E-state index in [2.05, 4.69) is 0 Å². The molecule has 1 aromatic carbocycles. The third-order valence-corrected chi connectivity index (χ3v) is 5.57. The average Bonchev–Trinajstić information content (AvgIpc) is 3.04. The highest BCUT2D eigenvalue weighted by Crippen LogP contribution is 2.29. The third kappa shape index (κ3) is 3.51. The van der Waals surface area contributed by atoms with Crippen LogP contribution in [0.4, 0.5) is 0 Å². The van der Waals surface area contributed by atoms with Crippen LogP contribution < -0.4 is 0 Å². The summed E-state index contributed by atoms with van der Waals surface area (Å²) >= 11 is 1.57. The number of benzene rings is 1. The smallest absolute Gasteiger partial charge is 0.263 e. The molecule has 24 heavy (non-hydrogen) atoms. The number of carbonyl (C=O) groups excluding carboxylic acids is 2. The van der Waals surface area contributed by atoms with Crippen LogP contribution in [0.15, 0.2) is 36.4 Å². The van der Waals surface area contributed by atoms with Gasteiger partial charge in [0, 0.05) is 38.0 Å². The predicted molar refractivity (Wildman–Crippen MR) is 96.0 cm³/mol. The van der Waals surface area contributed by atoms with Gasteiger partial charge in [-0.25, -0.2) is 0 Å². The SMILES string of the molecule is CCC(=O)N1CCc2sc(C(=O)N(C)Cc3ccccc3)cc2C1. The van der Waals surface area contributed by atoms with E-state index in [-0.39, 0.29) is 11.8 Å². The number of amides is 2. The minimum absolute atomic E-state index is 0.0478. The molecule has 0 saturated heterocycles. The Kier molecular flexibility index (Phi) is 5.00. The molecule has 0 saturated carbocycles. The summed E-state index contributed by atoms with van der Waals surface area (Å²) in [6, 6.07) is 12.0. The van der Waals surface area contributed by atoms with Crippen LogP contribution in [0.2, 0.25) is 0 Å². The molecule has 1 aromatic heterocycles. The maximum atomic E-state index is 12.7. The molecule has 2 amide bonds. The van der Waals surface area contributed by atoms with Gasteiger partial charge in [-0.1, -0.05) is 37.3 Å². The minimum atomic E-state index is 0.0478. The molecule has 0 unspecified atom stereocenters. The van der Waals surface area contributed by atoms with Crippen LogP contribution >= 0.6 is 11.3 Å². The van der Waals surface area contributed by atoms with Crippen molar-refractivity contribution >= 4 is 23.2 Å². The largest absolute Gasteiger partial charge is 0.338 e. The summed E-state index contributed by atoms with van der Waals surface area (Å²) < 4.78 is 0. The number of fused-ring (bicyclic) bond motifs is 1. The molecule has 0 fully saturated rings. The molecule has 0 spiro atoms. The lowest BCUT2D eigenvalue weighted by Crippen LogP contribution is -2.34. The van der Waals surface area contributed by atoms with E-state index in [4.69, 9.17) is 0 Å². The zero-order chi connectivity index (χ0) is 17.1. The molecule has 3 rings (SSSR count). The van der Waals surface area contributed by atoms with Crippen LogP contribution in [0, 0.1) is 0 Å². The Balaban J connectivity index is 1.71. The van der Waals surface area contributed by atoms with Gasteiger partial charge in [0.25, 0.3) is 5.91 Å². The predicted octanol–water partition coefficient (Wildman–Crippen LogP) is 3.32. The van der Waals surface area contributed by atoms with Crippen molar-refractivity contribution in [1.82, 2.24) is 9.80 Å². The molecule has 0 N–H and O–H groups in total. The second-order valence-electron chi connectivity index (χ2n) is 6.12. The Morgan fingerprint density at radius 2 is 2.00 bits per heavy atom. The quantitative estimate of drug-likeness (QED) is 0.855. The molecule has 126 valence electrons. The fraction of sp³-hybridized carbons (Fsp3) is 0.368. The summed E-state index contributed by atoms with van der Waals surface area (Å²) in [4.78, 5) is 30.2. The molecule has 0 aliphatic carbocycles. The van der Waals surface area contributed by atoms with Crippen molar-refractivity contribution in [2.24, 2.45) is 0 Å². The van der Waals surface area contributed by atoms with E-state index in [0.717, 1.165) is 29.0 Å². The topological polar surface area (TPSA) is 40.6 Å². The maximum Gasteiger partial charge on any atom is 0.263 e. The summed E-state index contributed by atoms with van der Waals surface area (Å²) in [6.07, 6.45) is 1.38. The molecule has 1 aliphatic heterocycles. The second-order valence-corrected chi connectivity index (χ2v) is 7.26. The number of thiophene rings is 1. The number of nitrogens with zero attached hydrogens (tertiary/aromatic N) is 2. The van der Waals surface area contributed by atoms with Gasteiger partial charge in [-0.05, 0) is 23.6 Å². The lowest BCUT2D eigenvalue weighted by Gasteiger charge is -2.26. The van der Waals surface area contributed by atoms with E-state index in [9.17, 15) is 9.59 Å². The van der Waals surface area contributed by atoms with E-state index >= 15 is 0 Å². The highest BCUT2D eigenvalue weighted by atomic mass is 32.1. The fourth-order valence-electron chi connectivity index (χ4n) is 2.99. The Hall–Kier alpha value is -2.14. The Morgan fingerprint density at radius 1 is 1.25 bits per heavy atom. The molecule has 1 aliphatic rings. The fourth-order valence-corrected chi connectivity index (χ4v) is 4.15. The summed E-state index contributed by atoms with van der Waals surface area (Å²) in [5.74, 6) is 0.229. The minimum Gasteiger partial charge on any atom is -0.338 e. The van der Waals surface area contributed by atoms with Crippen molar-refractivity contribution < 1.29 is 9.59 Å². The second kappa shape index (κ2) is 7.18. The summed E-state index contributed by atoms with van der Waals surface area (Å²) in [7, 11) is 1.83. The Bertz CT molecular complexity index is 739. The average molecular weight is 342 g/mol. The molecule has 2 aromatic rings. The zero-order valence-corrected chi connectivity index (χ0v) is 14.9. The first-order chi connectivity index (χ1) is 11.6. The van der Waals surface area contributed by atoms with Crippen molar-refractivity contribution in [2.45, 2.75) is 32.9 Å². The first-order valence-corrected chi connectivity index (χ1v) is 9.09. The van der Waals surface area contributed by atoms with E-state index < -0.39 is 0 Å². The van der Waals surface area contributed by atoms with Crippen LogP contribution in [-0.4, -0.2) is 35.2 Å². The molecular formula is C19H22N2O2S. The Morgan fingerprint density at radius 3 is 2.71 bits per heavy atom. The molecule has 0 radical (unpaired) electrons. The van der Waals surface area contributed by atoms with Crippen LogP contribution in [0.1, 0.15) is 39.0 Å². The molecule has 0 atom stereocenters. The van der Waals surface area contributed by atoms with Gasteiger partial charge in [0.15, 0.2) is 0 Å². The zero-order valence-electron chi connectivity index (χ0n) is 14.1. The van der Waals surface area contributed by atoms with Crippen LogP contribution in [-0.2, 0) is 24.3 Å². The van der Waals surface area contributed by atoms with E-state index in [1.165, 1.54) is 4.88 Å². The van der Waals surface area contributed by atoms with E-state index in [1.807, 2.05) is 55.3 Å². The van der Waals surface area contributed by atoms with Gasteiger partial charge in [0.05, 0.1) is 4.88 Å². The van der Waals surface area contributed by atoms with Gasteiger partial charge in [0.2, 0.25) is 5.91 Å². The van der Waals surface area contributed by atoms with Crippen molar-refractivity contribution in [3.05, 3.63) is 57.3 Å². The Labute approximate surface area is 146 Å². The molecule has 4 nitrogen and oxygen atoms in total. The maximum absolute atomic E-state index is 12.7.